The van der Waals surface area contributed by atoms with Crippen LogP contribution in [0.2, 0.25) is 0 Å². The molecule has 0 bridgehead atoms. The normalized spacial score (nSPS) is 18.0. The van der Waals surface area contributed by atoms with Gasteiger partial charge in [0.05, 0.1) is 11.7 Å². The van der Waals surface area contributed by atoms with E-state index in [1.54, 1.807) is 0 Å². The molecule has 1 aromatic heterocycles. The molecule has 1 aromatic rings. The van der Waals surface area contributed by atoms with Gasteiger partial charge in [-0.3, -0.25) is 4.68 Å². The van der Waals surface area contributed by atoms with Crippen LogP contribution in [0, 0.1) is 5.92 Å². The zero-order valence-electron chi connectivity index (χ0n) is 13.4. The van der Waals surface area contributed by atoms with Crippen LogP contribution in [0.25, 0.3) is 0 Å². The van der Waals surface area contributed by atoms with Gasteiger partial charge in [0.2, 0.25) is 0 Å². The molecule has 1 atom stereocenters. The summed E-state index contributed by atoms with van der Waals surface area (Å²) in [5, 5.41) is 8.31. The Kier molecular flexibility index (Phi) is 6.08. The highest BCUT2D eigenvalue weighted by molar-refractivity contribution is 5.01. The molecular formula is C17H31N3. The molecule has 1 saturated carbocycles. The largest absolute Gasteiger partial charge is 0.317 e. The highest BCUT2D eigenvalue weighted by Crippen LogP contribution is 2.29. The Labute approximate surface area is 124 Å². The maximum atomic E-state index is 4.77. The van der Waals surface area contributed by atoms with Crippen molar-refractivity contribution in [3.05, 3.63) is 18.0 Å². The Morgan fingerprint density at radius 2 is 2.00 bits per heavy atom. The molecule has 0 amide bonds. The lowest BCUT2D eigenvalue weighted by Crippen LogP contribution is -2.32. The van der Waals surface area contributed by atoms with Gasteiger partial charge in [-0.15, -0.1) is 0 Å². The van der Waals surface area contributed by atoms with Gasteiger partial charge in [0, 0.05) is 12.2 Å². The maximum Gasteiger partial charge on any atom is 0.0625 e. The molecule has 1 fully saturated rings. The number of aryl methyl sites for hydroxylation is 1. The second-order valence-corrected chi connectivity index (χ2v) is 6.24. The van der Waals surface area contributed by atoms with Gasteiger partial charge in [-0.1, -0.05) is 26.7 Å². The third-order valence-corrected chi connectivity index (χ3v) is 5.03. The molecule has 1 unspecified atom stereocenters. The van der Waals surface area contributed by atoms with Gasteiger partial charge < -0.3 is 5.32 Å². The molecule has 114 valence electrons. The van der Waals surface area contributed by atoms with Gasteiger partial charge in [0.25, 0.3) is 0 Å². The van der Waals surface area contributed by atoms with E-state index in [0.717, 1.165) is 12.3 Å². The van der Waals surface area contributed by atoms with E-state index >= 15 is 0 Å². The first-order valence-corrected chi connectivity index (χ1v) is 8.49. The second kappa shape index (κ2) is 7.82. The lowest BCUT2D eigenvalue weighted by Gasteiger charge is -2.22. The number of hydrogen-bond acceptors (Lipinski definition) is 2. The minimum absolute atomic E-state index is 0.568. The summed E-state index contributed by atoms with van der Waals surface area (Å²) in [6, 6.07) is 3.45. The molecule has 3 nitrogen and oxygen atoms in total. The van der Waals surface area contributed by atoms with E-state index < -0.39 is 0 Å². The van der Waals surface area contributed by atoms with Crippen LogP contribution in [-0.4, -0.2) is 22.9 Å². The van der Waals surface area contributed by atoms with E-state index in [-0.39, 0.29) is 0 Å². The van der Waals surface area contributed by atoms with Crippen molar-refractivity contribution in [2.45, 2.75) is 77.3 Å². The van der Waals surface area contributed by atoms with Gasteiger partial charge in [0.15, 0.2) is 0 Å². The number of nitrogens with zero attached hydrogens (tertiary/aromatic N) is 2. The fourth-order valence-electron chi connectivity index (χ4n) is 3.66. The van der Waals surface area contributed by atoms with Crippen LogP contribution >= 0.6 is 0 Å². The van der Waals surface area contributed by atoms with Crippen molar-refractivity contribution >= 4 is 0 Å². The summed E-state index contributed by atoms with van der Waals surface area (Å²) in [7, 11) is 2.12. The van der Waals surface area contributed by atoms with Crippen LogP contribution in [0.4, 0.5) is 0 Å². The Morgan fingerprint density at radius 3 is 2.60 bits per heavy atom. The first kappa shape index (κ1) is 15.6. The number of aromatic nitrogens is 2. The molecular weight excluding hydrogens is 246 g/mol. The van der Waals surface area contributed by atoms with Crippen molar-refractivity contribution in [1.82, 2.24) is 15.1 Å². The third kappa shape index (κ3) is 3.85. The highest BCUT2D eigenvalue weighted by atomic mass is 15.3. The molecule has 0 aliphatic heterocycles. The van der Waals surface area contributed by atoms with E-state index in [9.17, 15) is 0 Å². The zero-order valence-corrected chi connectivity index (χ0v) is 13.4. The molecule has 0 saturated heterocycles. The van der Waals surface area contributed by atoms with Gasteiger partial charge >= 0.3 is 0 Å². The summed E-state index contributed by atoms with van der Waals surface area (Å²) >= 11 is 0. The number of hydrogen-bond donors (Lipinski definition) is 1. The monoisotopic (exact) mass is 277 g/mol. The van der Waals surface area contributed by atoms with E-state index in [1.807, 2.05) is 0 Å². The summed E-state index contributed by atoms with van der Waals surface area (Å²) in [4.78, 5) is 0. The van der Waals surface area contributed by atoms with Crippen molar-refractivity contribution in [3.63, 3.8) is 0 Å². The molecule has 0 spiro atoms. The lowest BCUT2D eigenvalue weighted by molar-refractivity contribution is 0.357. The number of nitrogens with one attached hydrogen (secondary N) is 1. The van der Waals surface area contributed by atoms with Crippen LogP contribution < -0.4 is 5.32 Å². The Balaban J connectivity index is 1.86. The molecule has 0 radical (unpaired) electrons. The van der Waals surface area contributed by atoms with Crippen molar-refractivity contribution in [2.75, 3.05) is 7.05 Å². The average Bonchev–Trinajstić information content (AvgIpc) is 3.13. The molecule has 1 heterocycles. The Hall–Kier alpha value is -0.830. The van der Waals surface area contributed by atoms with Crippen molar-refractivity contribution in [1.29, 1.82) is 0 Å². The summed E-state index contributed by atoms with van der Waals surface area (Å²) in [5.41, 5.74) is 1.26. The first-order valence-electron chi connectivity index (χ1n) is 8.49. The fraction of sp³-hybridized carbons (Fsp3) is 0.824. The molecule has 2 rings (SSSR count). The van der Waals surface area contributed by atoms with Gasteiger partial charge in [-0.05, 0) is 57.6 Å². The second-order valence-electron chi connectivity index (χ2n) is 6.24. The third-order valence-electron chi connectivity index (χ3n) is 5.03. The van der Waals surface area contributed by atoms with E-state index in [0.29, 0.717) is 12.1 Å². The van der Waals surface area contributed by atoms with Gasteiger partial charge in [-0.25, -0.2) is 0 Å². The first-order chi connectivity index (χ1) is 9.78. The summed E-state index contributed by atoms with van der Waals surface area (Å²) in [6.45, 7) is 4.49. The SMILES string of the molecule is CCC(CC)n1ccc(CCC(NC)C2CCCC2)n1. The van der Waals surface area contributed by atoms with Crippen molar-refractivity contribution in [2.24, 2.45) is 5.92 Å². The molecule has 0 aromatic carbocycles. The Bertz CT molecular complexity index is 375. The predicted octanol–water partition coefficient (Wildman–Crippen LogP) is 3.96. The minimum atomic E-state index is 0.568. The van der Waals surface area contributed by atoms with E-state index in [1.165, 1.54) is 50.6 Å². The van der Waals surface area contributed by atoms with E-state index in [2.05, 4.69) is 43.2 Å². The summed E-state index contributed by atoms with van der Waals surface area (Å²) in [5.74, 6) is 0.890. The van der Waals surface area contributed by atoms with Crippen LogP contribution in [0.3, 0.4) is 0 Å². The maximum absolute atomic E-state index is 4.77. The average molecular weight is 277 g/mol. The van der Waals surface area contributed by atoms with Crippen LogP contribution in [-0.2, 0) is 6.42 Å². The molecule has 1 aliphatic carbocycles. The quantitative estimate of drug-likeness (QED) is 0.779. The Morgan fingerprint density at radius 1 is 1.30 bits per heavy atom. The van der Waals surface area contributed by atoms with Crippen molar-refractivity contribution < 1.29 is 0 Å². The van der Waals surface area contributed by atoms with Gasteiger partial charge in [-0.2, -0.15) is 5.10 Å². The molecule has 3 heteroatoms. The molecule has 1 aliphatic rings. The van der Waals surface area contributed by atoms with Gasteiger partial charge in [0.1, 0.15) is 0 Å². The molecule has 20 heavy (non-hydrogen) atoms. The minimum Gasteiger partial charge on any atom is -0.317 e. The zero-order chi connectivity index (χ0) is 14.4. The predicted molar refractivity (Wildman–Crippen MR) is 85.0 cm³/mol. The highest BCUT2D eigenvalue weighted by Gasteiger charge is 2.23. The fourth-order valence-corrected chi connectivity index (χ4v) is 3.66. The van der Waals surface area contributed by atoms with Crippen LogP contribution in [0.5, 0.6) is 0 Å². The lowest BCUT2D eigenvalue weighted by atomic mass is 9.94. The van der Waals surface area contributed by atoms with E-state index in [4.69, 9.17) is 5.10 Å². The smallest absolute Gasteiger partial charge is 0.0625 e. The molecule has 1 N–H and O–H groups in total. The van der Waals surface area contributed by atoms with Crippen LogP contribution in [0.15, 0.2) is 12.3 Å². The summed E-state index contributed by atoms with van der Waals surface area (Å²) < 4.78 is 2.17. The summed E-state index contributed by atoms with van der Waals surface area (Å²) in [6.07, 6.45) is 12.5. The topological polar surface area (TPSA) is 29.9 Å². The number of rotatable bonds is 8. The van der Waals surface area contributed by atoms with Crippen LogP contribution in [0.1, 0.15) is 70.5 Å². The standard InChI is InChI=1S/C17H31N3/c1-4-16(5-2)20-13-12-15(19-20)10-11-17(18-3)14-8-6-7-9-14/h12-14,16-18H,4-11H2,1-3H3. The van der Waals surface area contributed by atoms with Crippen molar-refractivity contribution in [3.8, 4) is 0 Å².